The van der Waals surface area contributed by atoms with Crippen molar-refractivity contribution in [2.45, 2.75) is 45.6 Å². The molecule has 0 unspecified atom stereocenters. The summed E-state index contributed by atoms with van der Waals surface area (Å²) in [7, 11) is 0. The Balaban J connectivity index is 1.66. The van der Waals surface area contributed by atoms with Crippen LogP contribution in [0.4, 0.5) is 0 Å². The fourth-order valence-electron chi connectivity index (χ4n) is 3.20. The number of carbonyl (C=O) groups is 1. The topological polar surface area (TPSA) is 62.7 Å². The minimum atomic E-state index is 0.00450. The maximum absolute atomic E-state index is 12.5. The van der Waals surface area contributed by atoms with Crippen LogP contribution in [-0.4, -0.2) is 27.2 Å². The van der Waals surface area contributed by atoms with Crippen LogP contribution < -0.4 is 5.32 Å². The van der Waals surface area contributed by atoms with Gasteiger partial charge in [-0.05, 0) is 48.7 Å². The molecule has 23 heavy (non-hydrogen) atoms. The summed E-state index contributed by atoms with van der Waals surface area (Å²) in [6.07, 6.45) is 3.23. The van der Waals surface area contributed by atoms with Gasteiger partial charge in [0, 0.05) is 24.6 Å². The third kappa shape index (κ3) is 3.22. The molecule has 0 aliphatic heterocycles. The van der Waals surface area contributed by atoms with Gasteiger partial charge in [-0.1, -0.05) is 26.0 Å². The van der Waals surface area contributed by atoms with Crippen LogP contribution in [-0.2, 0) is 19.4 Å². The van der Waals surface area contributed by atoms with Crippen molar-refractivity contribution in [3.05, 3.63) is 45.5 Å². The monoisotopic (exact) mass is 330 g/mol. The number of aromatic nitrogens is 3. The number of aryl methyl sites for hydroxylation is 1. The molecule has 0 bridgehead atoms. The van der Waals surface area contributed by atoms with Crippen molar-refractivity contribution in [2.24, 2.45) is 0 Å². The summed E-state index contributed by atoms with van der Waals surface area (Å²) in [6, 6.07) is 6.02. The number of carbonyl (C=O) groups excluding carboxylic acids is 1. The van der Waals surface area contributed by atoms with Gasteiger partial charge in [-0.15, -0.1) is 0 Å². The first-order chi connectivity index (χ1) is 11.1. The maximum atomic E-state index is 12.5. The number of fused-ring (bicyclic) bond motifs is 1. The first-order valence-electron chi connectivity index (χ1n) is 8.12. The SMILES string of the molecule is CC(C)c1n[nH]c(=S)n1CCNC(=O)c1cccc2c1CCC2. The number of rotatable bonds is 5. The lowest BCUT2D eigenvalue weighted by molar-refractivity contribution is 0.0951. The van der Waals surface area contributed by atoms with Crippen LogP contribution in [0.25, 0.3) is 0 Å². The van der Waals surface area contributed by atoms with E-state index in [1.807, 2.05) is 16.7 Å². The van der Waals surface area contributed by atoms with Gasteiger partial charge in [0.1, 0.15) is 5.82 Å². The van der Waals surface area contributed by atoms with Crippen molar-refractivity contribution in [3.63, 3.8) is 0 Å². The normalized spacial score (nSPS) is 13.3. The second-order valence-electron chi connectivity index (χ2n) is 6.25. The van der Waals surface area contributed by atoms with E-state index < -0.39 is 0 Å². The maximum Gasteiger partial charge on any atom is 0.251 e. The molecule has 0 saturated carbocycles. The van der Waals surface area contributed by atoms with Gasteiger partial charge in [0.15, 0.2) is 4.77 Å². The summed E-state index contributed by atoms with van der Waals surface area (Å²) in [6.45, 7) is 5.32. The molecule has 3 rings (SSSR count). The van der Waals surface area contributed by atoms with Crippen molar-refractivity contribution in [2.75, 3.05) is 6.54 Å². The van der Waals surface area contributed by atoms with E-state index in [2.05, 4.69) is 35.4 Å². The number of nitrogens with one attached hydrogen (secondary N) is 2. The molecule has 1 aromatic heterocycles. The summed E-state index contributed by atoms with van der Waals surface area (Å²) < 4.78 is 2.55. The van der Waals surface area contributed by atoms with Crippen LogP contribution in [0.15, 0.2) is 18.2 Å². The van der Waals surface area contributed by atoms with E-state index in [4.69, 9.17) is 12.2 Å². The molecule has 122 valence electrons. The summed E-state index contributed by atoms with van der Waals surface area (Å²) >= 11 is 5.26. The molecular formula is C17H22N4OS. The van der Waals surface area contributed by atoms with E-state index in [1.54, 1.807) is 0 Å². The number of nitrogens with zero attached hydrogens (tertiary/aromatic N) is 2. The molecule has 0 radical (unpaired) electrons. The first-order valence-corrected chi connectivity index (χ1v) is 8.53. The lowest BCUT2D eigenvalue weighted by Gasteiger charge is -2.12. The van der Waals surface area contributed by atoms with Gasteiger partial charge in [0.25, 0.3) is 5.91 Å². The molecule has 1 amide bonds. The lowest BCUT2D eigenvalue weighted by Crippen LogP contribution is -2.28. The Morgan fingerprint density at radius 2 is 2.26 bits per heavy atom. The molecule has 2 aromatic rings. The molecule has 6 heteroatoms. The highest BCUT2D eigenvalue weighted by Crippen LogP contribution is 2.25. The van der Waals surface area contributed by atoms with Crippen LogP contribution >= 0.6 is 12.2 Å². The zero-order chi connectivity index (χ0) is 16.4. The molecular weight excluding hydrogens is 308 g/mol. The zero-order valence-corrected chi connectivity index (χ0v) is 14.4. The number of hydrogen-bond acceptors (Lipinski definition) is 3. The predicted octanol–water partition coefficient (Wildman–Crippen LogP) is 2.98. The van der Waals surface area contributed by atoms with Crippen molar-refractivity contribution < 1.29 is 4.79 Å². The van der Waals surface area contributed by atoms with Crippen molar-refractivity contribution >= 4 is 18.1 Å². The third-order valence-corrected chi connectivity index (χ3v) is 4.63. The molecule has 0 spiro atoms. The summed E-state index contributed by atoms with van der Waals surface area (Å²) in [5.41, 5.74) is 3.35. The van der Waals surface area contributed by atoms with E-state index in [0.717, 1.165) is 30.7 Å². The molecule has 1 aliphatic rings. The van der Waals surface area contributed by atoms with Crippen LogP contribution in [0.1, 0.15) is 53.5 Å². The number of amides is 1. The molecule has 0 saturated heterocycles. The van der Waals surface area contributed by atoms with E-state index in [0.29, 0.717) is 17.9 Å². The fourth-order valence-corrected chi connectivity index (χ4v) is 3.43. The first kappa shape index (κ1) is 15.9. The number of hydrogen-bond donors (Lipinski definition) is 2. The molecule has 1 heterocycles. The van der Waals surface area contributed by atoms with E-state index in [1.165, 1.54) is 11.1 Å². The molecule has 0 fully saturated rings. The average molecular weight is 330 g/mol. The lowest BCUT2D eigenvalue weighted by atomic mass is 10.0. The second kappa shape index (κ2) is 6.66. The van der Waals surface area contributed by atoms with Gasteiger partial charge in [0.05, 0.1) is 0 Å². The van der Waals surface area contributed by atoms with Gasteiger partial charge in [-0.2, -0.15) is 5.10 Å². The predicted molar refractivity (Wildman–Crippen MR) is 92.3 cm³/mol. The van der Waals surface area contributed by atoms with Crippen molar-refractivity contribution in [1.82, 2.24) is 20.1 Å². The molecule has 0 atom stereocenters. The Kier molecular flexibility index (Phi) is 4.61. The Labute approximate surface area is 141 Å². The zero-order valence-electron chi connectivity index (χ0n) is 13.6. The van der Waals surface area contributed by atoms with Gasteiger partial charge in [-0.25, -0.2) is 0 Å². The van der Waals surface area contributed by atoms with E-state index >= 15 is 0 Å². The van der Waals surface area contributed by atoms with Crippen LogP contribution in [0.2, 0.25) is 0 Å². The highest BCUT2D eigenvalue weighted by atomic mass is 32.1. The highest BCUT2D eigenvalue weighted by Gasteiger charge is 2.18. The molecule has 2 N–H and O–H groups in total. The minimum absolute atomic E-state index is 0.00450. The van der Waals surface area contributed by atoms with Crippen LogP contribution in [0, 0.1) is 4.77 Å². The highest BCUT2D eigenvalue weighted by molar-refractivity contribution is 7.71. The summed E-state index contributed by atoms with van der Waals surface area (Å²) in [5, 5.41) is 10.1. The Hall–Kier alpha value is -1.95. The van der Waals surface area contributed by atoms with Gasteiger partial charge in [-0.3, -0.25) is 9.89 Å². The van der Waals surface area contributed by atoms with Gasteiger partial charge >= 0.3 is 0 Å². The third-order valence-electron chi connectivity index (χ3n) is 4.32. The standard InChI is InChI=1S/C17H22N4OS/c1-11(2)15-19-20-17(23)21(15)10-9-18-16(22)14-8-4-6-12-5-3-7-13(12)14/h4,6,8,11H,3,5,7,9-10H2,1-2H3,(H,18,22)(H,20,23). The van der Waals surface area contributed by atoms with Crippen molar-refractivity contribution in [3.8, 4) is 0 Å². The number of aromatic amines is 1. The number of benzene rings is 1. The molecule has 1 aliphatic carbocycles. The summed E-state index contributed by atoms with van der Waals surface area (Å²) in [5.74, 6) is 1.21. The van der Waals surface area contributed by atoms with Gasteiger partial charge in [0.2, 0.25) is 0 Å². The Morgan fingerprint density at radius 3 is 3.04 bits per heavy atom. The second-order valence-corrected chi connectivity index (χ2v) is 6.63. The fraction of sp³-hybridized carbons (Fsp3) is 0.471. The minimum Gasteiger partial charge on any atom is -0.350 e. The smallest absolute Gasteiger partial charge is 0.251 e. The summed E-state index contributed by atoms with van der Waals surface area (Å²) in [4.78, 5) is 12.5. The van der Waals surface area contributed by atoms with Gasteiger partial charge < -0.3 is 9.88 Å². The molecule has 5 nitrogen and oxygen atoms in total. The van der Waals surface area contributed by atoms with Crippen molar-refractivity contribution in [1.29, 1.82) is 0 Å². The quantitative estimate of drug-likeness (QED) is 0.829. The molecule has 1 aromatic carbocycles. The average Bonchev–Trinajstić information content (AvgIpc) is 3.13. The van der Waals surface area contributed by atoms with Crippen LogP contribution in [0.5, 0.6) is 0 Å². The number of H-pyrrole nitrogens is 1. The van der Waals surface area contributed by atoms with Crippen LogP contribution in [0.3, 0.4) is 0 Å². The Bertz CT molecular complexity index is 775. The largest absolute Gasteiger partial charge is 0.350 e. The van der Waals surface area contributed by atoms with E-state index in [9.17, 15) is 4.79 Å². The Morgan fingerprint density at radius 1 is 1.43 bits per heavy atom. The van der Waals surface area contributed by atoms with E-state index in [-0.39, 0.29) is 11.8 Å².